The number of fused-ring (bicyclic) bond motifs is 1. The molecule has 3 N–H and O–H groups in total. The minimum atomic E-state index is -0.767. The van der Waals surface area contributed by atoms with Crippen LogP contribution in [-0.4, -0.2) is 30.4 Å². The first-order chi connectivity index (χ1) is 12.4. The average molecular weight is 373 g/mol. The van der Waals surface area contributed by atoms with Crippen LogP contribution in [0.3, 0.4) is 0 Å². The van der Waals surface area contributed by atoms with Gasteiger partial charge in [0.05, 0.1) is 29.6 Å². The normalized spacial score (nSPS) is 12.8. The lowest BCUT2D eigenvalue weighted by molar-refractivity contribution is 0.100. The van der Waals surface area contributed by atoms with E-state index in [0.29, 0.717) is 22.1 Å². The number of halogens is 1. The van der Waals surface area contributed by atoms with Crippen LogP contribution < -0.4 is 15.8 Å². The van der Waals surface area contributed by atoms with Crippen molar-refractivity contribution < 1.29 is 18.7 Å². The molecule has 1 aliphatic rings. The second-order valence-corrected chi connectivity index (χ2v) is 6.62. The lowest BCUT2D eigenvalue weighted by Gasteiger charge is -2.19. The Morgan fingerprint density at radius 2 is 2.08 bits per heavy atom. The number of nitrogens with two attached hydrogens (primary N) is 1. The number of amides is 2. The van der Waals surface area contributed by atoms with Crippen molar-refractivity contribution in [1.29, 1.82) is 0 Å². The number of benzene rings is 2. The molecule has 0 aliphatic carbocycles. The number of aliphatic imine (C=N–C) groups is 1. The summed E-state index contributed by atoms with van der Waals surface area (Å²) in [6.45, 7) is 1.91. The number of carbonyl (C=O) groups is 2. The number of thioether (sulfide) groups is 1. The molecule has 0 bridgehead atoms. The van der Waals surface area contributed by atoms with Crippen molar-refractivity contribution in [2.75, 3.05) is 18.2 Å². The van der Waals surface area contributed by atoms with E-state index in [1.54, 1.807) is 12.1 Å². The molecule has 2 amide bonds. The topological polar surface area (TPSA) is 93.8 Å². The Balaban J connectivity index is 2.05. The monoisotopic (exact) mass is 373 g/mol. The van der Waals surface area contributed by atoms with E-state index in [1.807, 2.05) is 6.92 Å². The summed E-state index contributed by atoms with van der Waals surface area (Å²) in [5, 5.41) is 2.56. The SMILES string of the molecule is COc1ccc2c(c1C(=O)Nc1cc(F)ccc1C(N)=O)SCC(C)=N2. The fourth-order valence-corrected chi connectivity index (χ4v) is 3.62. The molecule has 6 nitrogen and oxygen atoms in total. The predicted molar refractivity (Wildman–Crippen MR) is 99.4 cm³/mol. The lowest BCUT2D eigenvalue weighted by Crippen LogP contribution is -2.20. The van der Waals surface area contributed by atoms with Gasteiger partial charge in [-0.2, -0.15) is 0 Å². The molecule has 0 saturated carbocycles. The summed E-state index contributed by atoms with van der Waals surface area (Å²) in [5.41, 5.74) is 7.22. The second kappa shape index (κ2) is 7.17. The zero-order valence-electron chi connectivity index (χ0n) is 14.1. The Hall–Kier alpha value is -2.87. The maximum absolute atomic E-state index is 13.6. The third-order valence-corrected chi connectivity index (χ3v) is 5.04. The molecule has 2 aromatic carbocycles. The van der Waals surface area contributed by atoms with Gasteiger partial charge in [-0.05, 0) is 37.3 Å². The van der Waals surface area contributed by atoms with E-state index < -0.39 is 17.6 Å². The standard InChI is InChI=1S/C18H16FN3O3S/c1-9-8-26-16-12(21-9)5-6-14(25-2)15(16)18(24)22-13-7-10(19)3-4-11(13)17(20)23/h3-7H,8H2,1-2H3,(H2,20,23)(H,22,24). The lowest BCUT2D eigenvalue weighted by atomic mass is 10.1. The smallest absolute Gasteiger partial charge is 0.260 e. The molecular formula is C18H16FN3O3S. The number of carbonyl (C=O) groups excluding carboxylic acids is 2. The highest BCUT2D eigenvalue weighted by atomic mass is 32.2. The van der Waals surface area contributed by atoms with E-state index in [9.17, 15) is 14.0 Å². The molecule has 1 heterocycles. The quantitative estimate of drug-likeness (QED) is 0.859. The maximum atomic E-state index is 13.6. The van der Waals surface area contributed by atoms with Crippen molar-refractivity contribution in [3.63, 3.8) is 0 Å². The number of nitrogens with one attached hydrogen (secondary N) is 1. The number of rotatable bonds is 4. The van der Waals surface area contributed by atoms with Gasteiger partial charge in [0, 0.05) is 16.4 Å². The molecule has 0 unspecified atom stereocenters. The number of hydrogen-bond acceptors (Lipinski definition) is 5. The molecule has 0 aromatic heterocycles. The molecule has 0 saturated heterocycles. The maximum Gasteiger partial charge on any atom is 0.260 e. The first-order valence-electron chi connectivity index (χ1n) is 7.69. The van der Waals surface area contributed by atoms with Crippen LogP contribution in [0.5, 0.6) is 5.75 Å². The Morgan fingerprint density at radius 3 is 2.77 bits per heavy atom. The molecule has 2 aromatic rings. The predicted octanol–water partition coefficient (Wildman–Crippen LogP) is 3.38. The van der Waals surface area contributed by atoms with Crippen molar-refractivity contribution in [3.8, 4) is 5.75 Å². The van der Waals surface area contributed by atoms with Crippen molar-refractivity contribution in [1.82, 2.24) is 0 Å². The Morgan fingerprint density at radius 1 is 1.31 bits per heavy atom. The molecule has 1 aliphatic heterocycles. The van der Waals surface area contributed by atoms with Crippen LogP contribution in [0.15, 0.2) is 40.2 Å². The minimum absolute atomic E-state index is 0.00245. The summed E-state index contributed by atoms with van der Waals surface area (Å²) in [7, 11) is 1.46. The first kappa shape index (κ1) is 17.9. The van der Waals surface area contributed by atoms with E-state index in [0.717, 1.165) is 17.8 Å². The largest absolute Gasteiger partial charge is 0.496 e. The molecular weight excluding hydrogens is 357 g/mol. The fourth-order valence-electron chi connectivity index (χ4n) is 2.61. The summed E-state index contributed by atoms with van der Waals surface area (Å²) in [4.78, 5) is 29.6. The molecule has 8 heteroatoms. The summed E-state index contributed by atoms with van der Waals surface area (Å²) < 4.78 is 18.9. The molecule has 134 valence electrons. The Labute approximate surface area is 153 Å². The van der Waals surface area contributed by atoms with Crippen LogP contribution >= 0.6 is 11.8 Å². The molecule has 3 rings (SSSR count). The summed E-state index contributed by atoms with van der Waals surface area (Å²) >= 11 is 1.47. The number of hydrogen-bond donors (Lipinski definition) is 2. The van der Waals surface area contributed by atoms with Gasteiger partial charge in [0.2, 0.25) is 0 Å². The van der Waals surface area contributed by atoms with E-state index in [2.05, 4.69) is 10.3 Å². The highest BCUT2D eigenvalue weighted by molar-refractivity contribution is 8.00. The highest BCUT2D eigenvalue weighted by Gasteiger charge is 2.24. The van der Waals surface area contributed by atoms with Gasteiger partial charge in [-0.3, -0.25) is 14.6 Å². The minimum Gasteiger partial charge on any atom is -0.496 e. The van der Waals surface area contributed by atoms with Crippen LogP contribution in [0.4, 0.5) is 15.8 Å². The van der Waals surface area contributed by atoms with Gasteiger partial charge in [0.25, 0.3) is 11.8 Å². The molecule has 0 spiro atoms. The molecule has 26 heavy (non-hydrogen) atoms. The van der Waals surface area contributed by atoms with E-state index in [1.165, 1.54) is 24.9 Å². The van der Waals surface area contributed by atoms with Crippen LogP contribution in [0.25, 0.3) is 0 Å². The third kappa shape index (κ3) is 3.41. The van der Waals surface area contributed by atoms with Crippen molar-refractivity contribution in [2.24, 2.45) is 10.7 Å². The average Bonchev–Trinajstić information content (AvgIpc) is 2.60. The van der Waals surface area contributed by atoms with Crippen LogP contribution in [0, 0.1) is 5.82 Å². The van der Waals surface area contributed by atoms with Gasteiger partial charge < -0.3 is 15.8 Å². The number of nitrogens with zero attached hydrogens (tertiary/aromatic N) is 1. The second-order valence-electron chi connectivity index (χ2n) is 5.64. The van der Waals surface area contributed by atoms with Crippen molar-refractivity contribution >= 4 is 40.7 Å². The molecule has 0 radical (unpaired) electrons. The highest BCUT2D eigenvalue weighted by Crippen LogP contribution is 2.41. The zero-order valence-corrected chi connectivity index (χ0v) is 14.9. The number of methoxy groups -OCH3 is 1. The van der Waals surface area contributed by atoms with Crippen LogP contribution in [0.1, 0.15) is 27.6 Å². The van der Waals surface area contributed by atoms with Gasteiger partial charge >= 0.3 is 0 Å². The summed E-state index contributed by atoms with van der Waals surface area (Å²) in [5.74, 6) is -0.888. The van der Waals surface area contributed by atoms with E-state index >= 15 is 0 Å². The van der Waals surface area contributed by atoms with E-state index in [4.69, 9.17) is 10.5 Å². The van der Waals surface area contributed by atoms with Gasteiger partial charge in [-0.25, -0.2) is 4.39 Å². The number of ether oxygens (including phenoxy) is 1. The zero-order chi connectivity index (χ0) is 18.8. The third-order valence-electron chi connectivity index (χ3n) is 3.78. The van der Waals surface area contributed by atoms with E-state index in [-0.39, 0.29) is 16.8 Å². The molecule has 0 fully saturated rings. The summed E-state index contributed by atoms with van der Waals surface area (Å²) in [6.07, 6.45) is 0. The van der Waals surface area contributed by atoms with Gasteiger partial charge in [0.15, 0.2) is 0 Å². The van der Waals surface area contributed by atoms with Gasteiger partial charge in [-0.1, -0.05) is 0 Å². The molecule has 0 atom stereocenters. The van der Waals surface area contributed by atoms with Crippen LogP contribution in [0.2, 0.25) is 0 Å². The fraction of sp³-hybridized carbons (Fsp3) is 0.167. The first-order valence-corrected chi connectivity index (χ1v) is 8.68. The van der Waals surface area contributed by atoms with Crippen molar-refractivity contribution in [2.45, 2.75) is 11.8 Å². The van der Waals surface area contributed by atoms with Crippen molar-refractivity contribution in [3.05, 3.63) is 47.3 Å². The Bertz CT molecular complexity index is 944. The number of primary amides is 1. The van der Waals surface area contributed by atoms with Gasteiger partial charge in [-0.15, -0.1) is 11.8 Å². The Kier molecular flexibility index (Phi) is 4.94. The number of anilines is 1. The van der Waals surface area contributed by atoms with Crippen LogP contribution in [-0.2, 0) is 0 Å². The summed E-state index contributed by atoms with van der Waals surface area (Å²) in [6, 6.07) is 6.81. The van der Waals surface area contributed by atoms with Gasteiger partial charge in [0.1, 0.15) is 11.6 Å².